The molecule has 11 nitrogen and oxygen atoms in total. The van der Waals surface area contributed by atoms with Gasteiger partial charge in [0.25, 0.3) is 5.69 Å². The first-order chi connectivity index (χ1) is 16.3. The highest BCUT2D eigenvalue weighted by atomic mass is 32.2. The van der Waals surface area contributed by atoms with Crippen molar-refractivity contribution in [2.45, 2.75) is 39.4 Å². The molecule has 12 heteroatoms. The molecule has 2 aromatic carbocycles. The van der Waals surface area contributed by atoms with E-state index in [-0.39, 0.29) is 24.0 Å². The van der Waals surface area contributed by atoms with Gasteiger partial charge in [-0.2, -0.15) is 0 Å². The number of nitro groups is 1. The number of non-ortho nitro benzene ring substituents is 1. The first kappa shape index (κ1) is 27.6. The number of benzene rings is 2. The number of sulfonamides is 1. The smallest absolute Gasteiger partial charge is 0.271 e. The molecule has 0 bridgehead atoms. The SMILES string of the molecule is COc1ccc(CN(C(=O)CN(c2cccc([N+](=O)[O-])c2)S(C)(=O)=O)[C@@H](C)C(=O)NC(C)C)cc1. The van der Waals surface area contributed by atoms with Crippen LogP contribution in [0.4, 0.5) is 11.4 Å². The van der Waals surface area contributed by atoms with Crippen LogP contribution in [0.15, 0.2) is 48.5 Å². The second-order valence-corrected chi connectivity index (χ2v) is 10.2. The standard InChI is InChI=1S/C23H30N4O7S/c1-16(2)24-23(29)17(3)25(14-18-9-11-21(34-4)12-10-18)22(28)15-26(35(5,32)33)19-7-6-8-20(13-19)27(30)31/h6-13,16-17H,14-15H2,1-5H3,(H,24,29)/t17-/m0/s1. The van der Waals surface area contributed by atoms with Crippen molar-refractivity contribution in [2.24, 2.45) is 0 Å². The van der Waals surface area contributed by atoms with Crippen molar-refractivity contribution in [1.29, 1.82) is 0 Å². The quantitative estimate of drug-likeness (QED) is 0.364. The Bertz CT molecular complexity index is 1170. The molecule has 1 atom stereocenters. The first-order valence-corrected chi connectivity index (χ1v) is 12.6. The summed E-state index contributed by atoms with van der Waals surface area (Å²) in [7, 11) is -2.47. The summed E-state index contributed by atoms with van der Waals surface area (Å²) in [5.41, 5.74) is 0.353. The van der Waals surface area contributed by atoms with E-state index < -0.39 is 39.3 Å². The number of hydrogen-bond donors (Lipinski definition) is 1. The molecule has 35 heavy (non-hydrogen) atoms. The third-order valence-corrected chi connectivity index (χ3v) is 6.26. The zero-order valence-electron chi connectivity index (χ0n) is 20.3. The number of methoxy groups -OCH3 is 1. The van der Waals surface area contributed by atoms with Crippen LogP contribution in [0.1, 0.15) is 26.3 Å². The van der Waals surface area contributed by atoms with Gasteiger partial charge < -0.3 is 15.0 Å². The second kappa shape index (κ2) is 11.6. The number of hydrogen-bond acceptors (Lipinski definition) is 7. The number of nitrogens with zero attached hydrogens (tertiary/aromatic N) is 3. The van der Waals surface area contributed by atoms with Crippen molar-refractivity contribution in [3.05, 3.63) is 64.2 Å². The molecular formula is C23H30N4O7S. The van der Waals surface area contributed by atoms with Crippen molar-refractivity contribution in [2.75, 3.05) is 24.2 Å². The average molecular weight is 507 g/mol. The predicted octanol–water partition coefficient (Wildman–Crippen LogP) is 2.31. The molecule has 0 fully saturated rings. The van der Waals surface area contributed by atoms with Gasteiger partial charge in [-0.25, -0.2) is 8.42 Å². The average Bonchev–Trinajstić information content (AvgIpc) is 2.79. The van der Waals surface area contributed by atoms with Crippen LogP contribution in [-0.2, 0) is 26.2 Å². The van der Waals surface area contributed by atoms with Gasteiger partial charge in [0, 0.05) is 24.7 Å². The molecule has 2 aromatic rings. The van der Waals surface area contributed by atoms with E-state index in [1.807, 2.05) is 0 Å². The molecule has 0 saturated carbocycles. The minimum Gasteiger partial charge on any atom is -0.497 e. The van der Waals surface area contributed by atoms with Gasteiger partial charge in [-0.15, -0.1) is 0 Å². The topological polar surface area (TPSA) is 139 Å². The minimum absolute atomic E-state index is 0.0290. The van der Waals surface area contributed by atoms with Crippen LogP contribution in [0.25, 0.3) is 0 Å². The van der Waals surface area contributed by atoms with Crippen LogP contribution in [-0.4, -0.2) is 62.0 Å². The Kier molecular flexibility index (Phi) is 9.18. The van der Waals surface area contributed by atoms with Crippen LogP contribution >= 0.6 is 0 Å². The highest BCUT2D eigenvalue weighted by molar-refractivity contribution is 7.92. The summed E-state index contributed by atoms with van der Waals surface area (Å²) in [4.78, 5) is 37.9. The van der Waals surface area contributed by atoms with Crippen LogP contribution < -0.4 is 14.4 Å². The van der Waals surface area contributed by atoms with E-state index in [1.54, 1.807) is 45.0 Å². The maximum absolute atomic E-state index is 13.4. The highest BCUT2D eigenvalue weighted by Gasteiger charge is 2.30. The van der Waals surface area contributed by atoms with Crippen molar-refractivity contribution < 1.29 is 27.7 Å². The zero-order valence-corrected chi connectivity index (χ0v) is 21.1. The number of rotatable bonds is 11. The molecule has 0 radical (unpaired) electrons. The van der Waals surface area contributed by atoms with Crippen LogP contribution in [0.5, 0.6) is 5.75 Å². The maximum Gasteiger partial charge on any atom is 0.271 e. The van der Waals surface area contributed by atoms with E-state index in [9.17, 15) is 28.1 Å². The summed E-state index contributed by atoms with van der Waals surface area (Å²) in [5.74, 6) is -0.432. The van der Waals surface area contributed by atoms with E-state index in [0.717, 1.165) is 16.6 Å². The summed E-state index contributed by atoms with van der Waals surface area (Å²) in [6.45, 7) is 4.51. The van der Waals surface area contributed by atoms with E-state index in [4.69, 9.17) is 4.74 Å². The minimum atomic E-state index is -3.99. The predicted molar refractivity (Wildman–Crippen MR) is 132 cm³/mol. The summed E-state index contributed by atoms with van der Waals surface area (Å²) in [6.07, 6.45) is 0.905. The lowest BCUT2D eigenvalue weighted by molar-refractivity contribution is -0.384. The molecule has 0 aliphatic rings. The molecule has 0 heterocycles. The van der Waals surface area contributed by atoms with E-state index in [2.05, 4.69) is 5.32 Å². The lowest BCUT2D eigenvalue weighted by atomic mass is 10.1. The summed E-state index contributed by atoms with van der Waals surface area (Å²) >= 11 is 0. The fraction of sp³-hybridized carbons (Fsp3) is 0.391. The summed E-state index contributed by atoms with van der Waals surface area (Å²) in [6, 6.07) is 10.8. The second-order valence-electron chi connectivity index (χ2n) is 8.26. The van der Waals surface area contributed by atoms with Crippen molar-refractivity contribution >= 4 is 33.2 Å². The number of anilines is 1. The molecule has 0 aromatic heterocycles. The molecule has 0 aliphatic heterocycles. The first-order valence-electron chi connectivity index (χ1n) is 10.8. The Hall–Kier alpha value is -3.67. The Morgan fingerprint density at radius 3 is 2.26 bits per heavy atom. The Balaban J connectivity index is 2.42. The third kappa shape index (κ3) is 7.67. The van der Waals surface area contributed by atoms with Crippen molar-refractivity contribution in [3.63, 3.8) is 0 Å². The lowest BCUT2D eigenvalue weighted by Gasteiger charge is -2.31. The van der Waals surface area contributed by atoms with Gasteiger partial charge in [0.1, 0.15) is 18.3 Å². The number of carbonyl (C=O) groups is 2. The van der Waals surface area contributed by atoms with Gasteiger partial charge in [0.2, 0.25) is 21.8 Å². The molecule has 0 saturated heterocycles. The van der Waals surface area contributed by atoms with Crippen molar-refractivity contribution in [1.82, 2.24) is 10.2 Å². The largest absolute Gasteiger partial charge is 0.497 e. The Morgan fingerprint density at radius 1 is 1.11 bits per heavy atom. The highest BCUT2D eigenvalue weighted by Crippen LogP contribution is 2.24. The van der Waals surface area contributed by atoms with Crippen LogP contribution in [0, 0.1) is 10.1 Å². The van der Waals surface area contributed by atoms with E-state index in [1.165, 1.54) is 30.2 Å². The molecule has 0 aliphatic carbocycles. The summed E-state index contributed by atoms with van der Waals surface area (Å²) < 4.78 is 31.0. The van der Waals surface area contributed by atoms with Gasteiger partial charge >= 0.3 is 0 Å². The van der Waals surface area contributed by atoms with Gasteiger partial charge in [0.05, 0.1) is 24.0 Å². The monoisotopic (exact) mass is 506 g/mol. The Labute approximate surface area is 204 Å². The van der Waals surface area contributed by atoms with Gasteiger partial charge in [-0.05, 0) is 44.5 Å². The zero-order chi connectivity index (χ0) is 26.3. The van der Waals surface area contributed by atoms with Crippen molar-refractivity contribution in [3.8, 4) is 5.75 Å². The number of amides is 2. The maximum atomic E-state index is 13.4. The molecule has 2 amide bonds. The normalized spacial score (nSPS) is 12.1. The van der Waals surface area contributed by atoms with E-state index in [0.29, 0.717) is 11.3 Å². The molecule has 2 rings (SSSR count). The molecule has 190 valence electrons. The molecular weight excluding hydrogens is 476 g/mol. The number of nitrogens with one attached hydrogen (secondary N) is 1. The fourth-order valence-corrected chi connectivity index (χ4v) is 4.13. The molecule has 1 N–H and O–H groups in total. The summed E-state index contributed by atoms with van der Waals surface area (Å²) in [5, 5.41) is 13.9. The molecule has 0 spiro atoms. The van der Waals surface area contributed by atoms with Crippen LogP contribution in [0.2, 0.25) is 0 Å². The Morgan fingerprint density at radius 2 is 1.74 bits per heavy atom. The van der Waals surface area contributed by atoms with Gasteiger partial charge in [-0.3, -0.25) is 24.0 Å². The van der Waals surface area contributed by atoms with E-state index >= 15 is 0 Å². The molecule has 0 unspecified atom stereocenters. The number of nitro benzene ring substituents is 1. The lowest BCUT2D eigenvalue weighted by Crippen LogP contribution is -2.52. The van der Waals surface area contributed by atoms with Gasteiger partial charge in [-0.1, -0.05) is 18.2 Å². The number of ether oxygens (including phenoxy) is 1. The van der Waals surface area contributed by atoms with Crippen LogP contribution in [0.3, 0.4) is 0 Å². The number of carbonyl (C=O) groups excluding carboxylic acids is 2. The van der Waals surface area contributed by atoms with Gasteiger partial charge in [0.15, 0.2) is 0 Å². The fourth-order valence-electron chi connectivity index (χ4n) is 3.29. The third-order valence-electron chi connectivity index (χ3n) is 5.12.